The normalized spacial score (nSPS) is 15.4. The highest BCUT2D eigenvalue weighted by molar-refractivity contribution is 7.98. The van der Waals surface area contributed by atoms with Gasteiger partial charge >= 0.3 is 0 Å². The molecule has 4 rings (SSSR count). The second-order valence-electron chi connectivity index (χ2n) is 6.82. The van der Waals surface area contributed by atoms with Gasteiger partial charge in [-0.25, -0.2) is 4.98 Å². The van der Waals surface area contributed by atoms with Crippen molar-refractivity contribution in [1.29, 1.82) is 0 Å². The van der Waals surface area contributed by atoms with Crippen LogP contribution in [0, 0.1) is 0 Å². The van der Waals surface area contributed by atoms with Gasteiger partial charge < -0.3 is 15.0 Å². The molecule has 0 bridgehead atoms. The SMILES string of the molecule is CCOc1cccc([C@@H]2CC(=O)Nc3nc(SCc4ccccc4Cl)[nH]c(=O)c32)c1. The van der Waals surface area contributed by atoms with Crippen LogP contribution in [-0.4, -0.2) is 22.5 Å². The summed E-state index contributed by atoms with van der Waals surface area (Å²) < 4.78 is 5.57. The van der Waals surface area contributed by atoms with E-state index >= 15 is 0 Å². The number of fused-ring (bicyclic) bond motifs is 1. The van der Waals surface area contributed by atoms with Crippen LogP contribution in [-0.2, 0) is 10.5 Å². The Labute approximate surface area is 183 Å². The van der Waals surface area contributed by atoms with E-state index in [-0.39, 0.29) is 23.8 Å². The van der Waals surface area contributed by atoms with E-state index in [9.17, 15) is 9.59 Å². The van der Waals surface area contributed by atoms with Crippen molar-refractivity contribution in [2.45, 2.75) is 30.2 Å². The molecular formula is C22H20ClN3O3S. The molecule has 0 saturated heterocycles. The standard InChI is InChI=1S/C22H20ClN3O3S/c1-2-29-15-8-5-7-13(10-15)16-11-18(27)24-20-19(16)21(28)26-22(25-20)30-12-14-6-3-4-9-17(14)23/h3-10,16H,2,11-12H2,1H3,(H2,24,25,26,27,28)/t16-/m0/s1. The van der Waals surface area contributed by atoms with E-state index in [0.717, 1.165) is 11.1 Å². The molecule has 0 unspecified atom stereocenters. The van der Waals surface area contributed by atoms with E-state index in [4.69, 9.17) is 16.3 Å². The van der Waals surface area contributed by atoms with Crippen LogP contribution >= 0.6 is 23.4 Å². The molecule has 154 valence electrons. The van der Waals surface area contributed by atoms with Gasteiger partial charge in [-0.05, 0) is 36.2 Å². The van der Waals surface area contributed by atoms with Crippen molar-refractivity contribution in [2.75, 3.05) is 11.9 Å². The van der Waals surface area contributed by atoms with Gasteiger partial charge in [0, 0.05) is 23.1 Å². The minimum atomic E-state index is -0.381. The number of carbonyl (C=O) groups excluding carboxylic acids is 1. The van der Waals surface area contributed by atoms with E-state index in [2.05, 4.69) is 15.3 Å². The highest BCUT2D eigenvalue weighted by Gasteiger charge is 2.31. The fourth-order valence-electron chi connectivity index (χ4n) is 3.45. The first-order chi connectivity index (χ1) is 14.5. The Balaban J connectivity index is 1.65. The topological polar surface area (TPSA) is 84.1 Å². The van der Waals surface area contributed by atoms with Gasteiger partial charge in [-0.1, -0.05) is 53.7 Å². The number of aromatic amines is 1. The van der Waals surface area contributed by atoms with Crippen molar-refractivity contribution in [3.8, 4) is 5.75 Å². The summed E-state index contributed by atoms with van der Waals surface area (Å²) in [5.74, 6) is 1.01. The molecule has 3 aromatic rings. The van der Waals surface area contributed by atoms with Crippen LogP contribution in [0.1, 0.15) is 36.0 Å². The van der Waals surface area contributed by atoms with Crippen LogP contribution in [0.15, 0.2) is 58.5 Å². The van der Waals surface area contributed by atoms with Gasteiger partial charge in [-0.15, -0.1) is 0 Å². The lowest BCUT2D eigenvalue weighted by molar-refractivity contribution is -0.116. The first-order valence-electron chi connectivity index (χ1n) is 9.58. The summed E-state index contributed by atoms with van der Waals surface area (Å²) in [5.41, 5.74) is 2.00. The number of anilines is 1. The lowest BCUT2D eigenvalue weighted by atomic mass is 9.87. The largest absolute Gasteiger partial charge is 0.494 e. The number of ether oxygens (including phenoxy) is 1. The van der Waals surface area contributed by atoms with Crippen LogP contribution in [0.5, 0.6) is 5.75 Å². The number of amides is 1. The number of hydrogen-bond acceptors (Lipinski definition) is 5. The fraction of sp³-hybridized carbons (Fsp3) is 0.227. The number of aromatic nitrogens is 2. The Hall–Kier alpha value is -2.77. The Morgan fingerprint density at radius 1 is 1.20 bits per heavy atom. The third-order valence-corrected chi connectivity index (χ3v) is 6.11. The number of rotatable bonds is 6. The average molecular weight is 442 g/mol. The molecule has 0 aliphatic carbocycles. The van der Waals surface area contributed by atoms with E-state index in [1.165, 1.54) is 11.8 Å². The smallest absolute Gasteiger partial charge is 0.257 e. The van der Waals surface area contributed by atoms with Crippen LogP contribution in [0.2, 0.25) is 5.02 Å². The van der Waals surface area contributed by atoms with Crippen molar-refractivity contribution in [3.63, 3.8) is 0 Å². The first-order valence-corrected chi connectivity index (χ1v) is 10.9. The zero-order chi connectivity index (χ0) is 21.1. The maximum atomic E-state index is 12.9. The second-order valence-corrected chi connectivity index (χ2v) is 8.20. The number of nitrogens with one attached hydrogen (secondary N) is 2. The minimum Gasteiger partial charge on any atom is -0.494 e. The third-order valence-electron chi connectivity index (χ3n) is 4.82. The van der Waals surface area contributed by atoms with Crippen LogP contribution in [0.4, 0.5) is 5.82 Å². The summed E-state index contributed by atoms with van der Waals surface area (Å²) in [6, 6.07) is 15.0. The zero-order valence-electron chi connectivity index (χ0n) is 16.3. The van der Waals surface area contributed by atoms with Crippen LogP contribution in [0.3, 0.4) is 0 Å². The highest BCUT2D eigenvalue weighted by Crippen LogP contribution is 2.36. The molecule has 0 saturated carbocycles. The van der Waals surface area contributed by atoms with Crippen LogP contribution in [0.25, 0.3) is 0 Å². The second kappa shape index (κ2) is 8.93. The lowest BCUT2D eigenvalue weighted by Crippen LogP contribution is -2.31. The molecular weight excluding hydrogens is 422 g/mol. The lowest BCUT2D eigenvalue weighted by Gasteiger charge is -2.24. The maximum absolute atomic E-state index is 12.9. The molecule has 2 aromatic carbocycles. The third kappa shape index (κ3) is 4.37. The number of nitrogens with zero attached hydrogens (tertiary/aromatic N) is 1. The maximum Gasteiger partial charge on any atom is 0.257 e. The molecule has 30 heavy (non-hydrogen) atoms. The van der Waals surface area contributed by atoms with E-state index in [1.54, 1.807) is 0 Å². The predicted molar refractivity (Wildman–Crippen MR) is 119 cm³/mol. The van der Waals surface area contributed by atoms with E-state index in [1.807, 2.05) is 55.5 Å². The summed E-state index contributed by atoms with van der Waals surface area (Å²) >= 11 is 7.57. The predicted octanol–water partition coefficient (Wildman–Crippen LogP) is 4.59. The average Bonchev–Trinajstić information content (AvgIpc) is 2.73. The Bertz CT molecular complexity index is 1150. The number of hydrogen-bond donors (Lipinski definition) is 2. The van der Waals surface area contributed by atoms with Gasteiger partial charge in [0.2, 0.25) is 5.91 Å². The number of thioether (sulfide) groups is 1. The Morgan fingerprint density at radius 3 is 2.83 bits per heavy atom. The number of halogens is 1. The van der Waals surface area contributed by atoms with Crippen LogP contribution < -0.4 is 15.6 Å². The van der Waals surface area contributed by atoms with Crippen molar-refractivity contribution in [3.05, 3.63) is 80.6 Å². The number of benzene rings is 2. The summed E-state index contributed by atoms with van der Waals surface area (Å²) in [6.07, 6.45) is 0.180. The molecule has 0 radical (unpaired) electrons. The molecule has 1 aliphatic rings. The van der Waals surface area contributed by atoms with Gasteiger partial charge in [0.05, 0.1) is 12.2 Å². The van der Waals surface area contributed by atoms with Crippen molar-refractivity contribution in [1.82, 2.24) is 9.97 Å². The Morgan fingerprint density at radius 2 is 2.03 bits per heavy atom. The molecule has 2 N–H and O–H groups in total. The van der Waals surface area contributed by atoms with Gasteiger partial charge in [-0.2, -0.15) is 0 Å². The van der Waals surface area contributed by atoms with E-state index in [0.29, 0.717) is 39.7 Å². The highest BCUT2D eigenvalue weighted by atomic mass is 35.5. The van der Waals surface area contributed by atoms with Gasteiger partial charge in [0.15, 0.2) is 5.16 Å². The molecule has 1 amide bonds. The van der Waals surface area contributed by atoms with Gasteiger partial charge in [0.25, 0.3) is 5.56 Å². The molecule has 1 aromatic heterocycles. The molecule has 6 nitrogen and oxygen atoms in total. The summed E-state index contributed by atoms with van der Waals surface area (Å²) in [6.45, 7) is 2.45. The first kappa shape index (κ1) is 20.5. The van der Waals surface area contributed by atoms with E-state index < -0.39 is 0 Å². The molecule has 1 atom stereocenters. The molecule has 0 fully saturated rings. The number of H-pyrrole nitrogens is 1. The molecule has 8 heteroatoms. The minimum absolute atomic E-state index is 0.172. The van der Waals surface area contributed by atoms with Crippen molar-refractivity contribution >= 4 is 35.1 Å². The quantitative estimate of drug-likeness (QED) is 0.431. The fourth-order valence-corrected chi connectivity index (χ4v) is 4.60. The summed E-state index contributed by atoms with van der Waals surface area (Å²) in [4.78, 5) is 32.6. The van der Waals surface area contributed by atoms with Gasteiger partial charge in [0.1, 0.15) is 11.6 Å². The summed E-state index contributed by atoms with van der Waals surface area (Å²) in [5, 5.41) is 3.84. The monoisotopic (exact) mass is 441 g/mol. The van der Waals surface area contributed by atoms with Crippen molar-refractivity contribution in [2.24, 2.45) is 0 Å². The summed E-state index contributed by atoms with van der Waals surface area (Å²) in [7, 11) is 0. The molecule has 1 aliphatic heterocycles. The number of carbonyl (C=O) groups is 1. The van der Waals surface area contributed by atoms with Crippen molar-refractivity contribution < 1.29 is 9.53 Å². The molecule has 0 spiro atoms. The van der Waals surface area contributed by atoms with Gasteiger partial charge in [-0.3, -0.25) is 9.59 Å². The molecule has 2 heterocycles. The zero-order valence-corrected chi connectivity index (χ0v) is 17.8. The Kier molecular flexibility index (Phi) is 6.11.